The van der Waals surface area contributed by atoms with Crippen molar-refractivity contribution >= 4 is 0 Å². The first kappa shape index (κ1) is 20.1. The van der Waals surface area contributed by atoms with E-state index in [2.05, 4.69) is 72.6 Å². The summed E-state index contributed by atoms with van der Waals surface area (Å²) in [4.78, 5) is 0. The Labute approximate surface area is 141 Å². The summed E-state index contributed by atoms with van der Waals surface area (Å²) in [5.74, 6) is 0. The van der Waals surface area contributed by atoms with Gasteiger partial charge in [-0.15, -0.1) is 5.10 Å². The molecule has 0 aliphatic rings. The average Bonchev–Trinajstić information content (AvgIpc) is 2.80. The van der Waals surface area contributed by atoms with Gasteiger partial charge in [-0.1, -0.05) is 26.0 Å². The van der Waals surface area contributed by atoms with Gasteiger partial charge in [-0.3, -0.25) is 0 Å². The van der Waals surface area contributed by atoms with Crippen molar-refractivity contribution in [1.82, 2.24) is 15.0 Å². The van der Waals surface area contributed by atoms with Gasteiger partial charge >= 0.3 is 0 Å². The Balaban J connectivity index is 2.58. The molecular weight excluding hydrogens is 290 g/mol. The number of ether oxygens (including phenoxy) is 2. The zero-order valence-corrected chi connectivity index (χ0v) is 16.4. The van der Waals surface area contributed by atoms with Crippen LogP contribution in [0.2, 0.25) is 0 Å². The Bertz CT molecular complexity index is 481. The standard InChI is InChI=1S/C18H35N3O2/c1-14(12-22-17(5,6)7)21-11-15(19-20-21)10-18(8,9)23-13-16(2,3)4/h11,14H,10,12-13H2,1-9H3. The van der Waals surface area contributed by atoms with Crippen molar-refractivity contribution in [2.75, 3.05) is 13.2 Å². The van der Waals surface area contributed by atoms with E-state index in [0.29, 0.717) is 6.61 Å². The third-order valence-corrected chi connectivity index (χ3v) is 3.27. The molecule has 0 aromatic carbocycles. The van der Waals surface area contributed by atoms with Gasteiger partial charge < -0.3 is 9.47 Å². The number of hydrogen-bond donors (Lipinski definition) is 0. The van der Waals surface area contributed by atoms with Gasteiger partial charge in [-0.25, -0.2) is 4.68 Å². The average molecular weight is 325 g/mol. The second-order valence-electron chi connectivity index (χ2n) is 9.25. The van der Waals surface area contributed by atoms with E-state index in [1.807, 2.05) is 10.9 Å². The predicted molar refractivity (Wildman–Crippen MR) is 93.6 cm³/mol. The lowest BCUT2D eigenvalue weighted by Gasteiger charge is -2.29. The molecule has 0 aliphatic heterocycles. The van der Waals surface area contributed by atoms with Crippen molar-refractivity contribution in [2.45, 2.75) is 86.0 Å². The minimum atomic E-state index is -0.251. The van der Waals surface area contributed by atoms with Crippen molar-refractivity contribution in [1.29, 1.82) is 0 Å². The van der Waals surface area contributed by atoms with Gasteiger partial charge in [0.2, 0.25) is 0 Å². The molecule has 1 heterocycles. The topological polar surface area (TPSA) is 49.2 Å². The summed E-state index contributed by atoms with van der Waals surface area (Å²) >= 11 is 0. The summed E-state index contributed by atoms with van der Waals surface area (Å²) in [6, 6.07) is 0.161. The van der Waals surface area contributed by atoms with E-state index >= 15 is 0 Å². The van der Waals surface area contributed by atoms with Crippen LogP contribution < -0.4 is 0 Å². The lowest BCUT2D eigenvalue weighted by atomic mass is 9.97. The van der Waals surface area contributed by atoms with E-state index in [0.717, 1.165) is 18.7 Å². The highest BCUT2D eigenvalue weighted by Crippen LogP contribution is 2.22. The third-order valence-electron chi connectivity index (χ3n) is 3.27. The number of hydrogen-bond acceptors (Lipinski definition) is 4. The van der Waals surface area contributed by atoms with Gasteiger partial charge in [-0.2, -0.15) is 0 Å². The van der Waals surface area contributed by atoms with Gasteiger partial charge in [-0.05, 0) is 47.0 Å². The minimum Gasteiger partial charge on any atom is -0.375 e. The van der Waals surface area contributed by atoms with E-state index in [4.69, 9.17) is 9.47 Å². The zero-order valence-electron chi connectivity index (χ0n) is 16.4. The van der Waals surface area contributed by atoms with E-state index in [1.54, 1.807) is 0 Å². The van der Waals surface area contributed by atoms with E-state index in [-0.39, 0.29) is 22.7 Å². The van der Waals surface area contributed by atoms with E-state index < -0.39 is 0 Å². The van der Waals surface area contributed by atoms with Crippen LogP contribution in [0.4, 0.5) is 0 Å². The first-order valence-corrected chi connectivity index (χ1v) is 8.46. The van der Waals surface area contributed by atoms with Crippen LogP contribution in [-0.4, -0.2) is 39.4 Å². The van der Waals surface area contributed by atoms with Crippen molar-refractivity contribution < 1.29 is 9.47 Å². The van der Waals surface area contributed by atoms with Gasteiger partial charge in [0.05, 0.1) is 36.2 Å². The molecule has 0 spiro atoms. The van der Waals surface area contributed by atoms with E-state index in [1.165, 1.54) is 0 Å². The zero-order chi connectivity index (χ0) is 17.9. The molecule has 5 nitrogen and oxygen atoms in total. The maximum atomic E-state index is 6.06. The monoisotopic (exact) mass is 325 g/mol. The molecule has 1 atom stereocenters. The number of rotatable bonds is 7. The van der Waals surface area contributed by atoms with Crippen LogP contribution >= 0.6 is 0 Å². The van der Waals surface area contributed by atoms with Crippen molar-refractivity contribution in [3.63, 3.8) is 0 Å². The predicted octanol–water partition coefficient (Wildman–Crippen LogP) is 4.04. The molecule has 0 N–H and O–H groups in total. The summed E-state index contributed by atoms with van der Waals surface area (Å²) in [5.41, 5.74) is 0.722. The van der Waals surface area contributed by atoms with Gasteiger partial charge in [0, 0.05) is 12.6 Å². The first-order chi connectivity index (χ1) is 10.3. The van der Waals surface area contributed by atoms with Gasteiger partial charge in [0.1, 0.15) is 0 Å². The molecule has 1 rings (SSSR count). The lowest BCUT2D eigenvalue weighted by molar-refractivity contribution is -0.0504. The summed E-state index contributed by atoms with van der Waals surface area (Å²) < 4.78 is 13.8. The lowest BCUT2D eigenvalue weighted by Crippen LogP contribution is -2.31. The smallest absolute Gasteiger partial charge is 0.0855 e. The maximum Gasteiger partial charge on any atom is 0.0855 e. The molecular formula is C18H35N3O2. The van der Waals surface area contributed by atoms with Gasteiger partial charge in [0.15, 0.2) is 0 Å². The third kappa shape index (κ3) is 8.47. The Kier molecular flexibility index (Phi) is 6.39. The molecule has 0 fully saturated rings. The van der Waals surface area contributed by atoms with Crippen LogP contribution in [0.15, 0.2) is 6.20 Å². The molecule has 0 radical (unpaired) electrons. The molecule has 5 heteroatoms. The molecule has 1 aromatic heterocycles. The largest absolute Gasteiger partial charge is 0.375 e. The minimum absolute atomic E-state index is 0.138. The molecule has 1 aromatic rings. The van der Waals surface area contributed by atoms with Crippen molar-refractivity contribution in [3.05, 3.63) is 11.9 Å². The highest BCUT2D eigenvalue weighted by Gasteiger charge is 2.24. The highest BCUT2D eigenvalue weighted by atomic mass is 16.5. The number of aromatic nitrogens is 3. The van der Waals surface area contributed by atoms with Crippen LogP contribution in [0.1, 0.15) is 74.0 Å². The maximum absolute atomic E-state index is 6.06. The summed E-state index contributed by atoms with van der Waals surface area (Å²) in [5, 5.41) is 8.53. The quantitative estimate of drug-likeness (QED) is 0.759. The number of nitrogens with zero attached hydrogens (tertiary/aromatic N) is 3. The SMILES string of the molecule is CC(COC(C)(C)C)n1cc(CC(C)(C)OCC(C)(C)C)nn1. The Morgan fingerprint density at radius 2 is 1.65 bits per heavy atom. The van der Waals surface area contributed by atoms with Crippen molar-refractivity contribution in [3.8, 4) is 0 Å². The fraction of sp³-hybridized carbons (Fsp3) is 0.889. The first-order valence-electron chi connectivity index (χ1n) is 8.46. The molecule has 0 saturated heterocycles. The Morgan fingerprint density at radius 3 is 2.17 bits per heavy atom. The highest BCUT2D eigenvalue weighted by molar-refractivity contribution is 4.98. The second-order valence-corrected chi connectivity index (χ2v) is 9.25. The second kappa shape index (κ2) is 7.31. The molecule has 23 heavy (non-hydrogen) atoms. The van der Waals surface area contributed by atoms with Crippen molar-refractivity contribution in [2.24, 2.45) is 5.41 Å². The fourth-order valence-corrected chi connectivity index (χ4v) is 1.96. The summed E-state index contributed by atoms with van der Waals surface area (Å²) in [6.07, 6.45) is 2.74. The van der Waals surface area contributed by atoms with Crippen LogP contribution in [-0.2, 0) is 15.9 Å². The van der Waals surface area contributed by atoms with Crippen LogP contribution in [0.5, 0.6) is 0 Å². The Morgan fingerprint density at radius 1 is 1.04 bits per heavy atom. The van der Waals surface area contributed by atoms with Crippen LogP contribution in [0, 0.1) is 5.41 Å². The molecule has 1 unspecified atom stereocenters. The van der Waals surface area contributed by atoms with E-state index in [9.17, 15) is 0 Å². The molecule has 0 saturated carbocycles. The summed E-state index contributed by atoms with van der Waals surface area (Å²) in [7, 11) is 0. The normalized spacial score (nSPS) is 15.0. The molecule has 134 valence electrons. The van der Waals surface area contributed by atoms with Gasteiger partial charge in [0.25, 0.3) is 0 Å². The molecule has 0 amide bonds. The van der Waals surface area contributed by atoms with Crippen LogP contribution in [0.25, 0.3) is 0 Å². The molecule has 0 aliphatic carbocycles. The summed E-state index contributed by atoms with van der Waals surface area (Å²) in [6.45, 7) is 20.3. The molecule has 0 bridgehead atoms. The fourth-order valence-electron chi connectivity index (χ4n) is 1.96. The van der Waals surface area contributed by atoms with Crippen LogP contribution in [0.3, 0.4) is 0 Å². The Hall–Kier alpha value is -0.940.